The van der Waals surface area contributed by atoms with Crippen molar-refractivity contribution in [2.24, 2.45) is 17.6 Å². The van der Waals surface area contributed by atoms with Crippen molar-refractivity contribution in [1.29, 1.82) is 0 Å². The predicted octanol–water partition coefficient (Wildman–Crippen LogP) is 2.94. The summed E-state index contributed by atoms with van der Waals surface area (Å²) >= 11 is 0. The molecule has 31 heavy (non-hydrogen) atoms. The van der Waals surface area contributed by atoms with Crippen molar-refractivity contribution in [1.82, 2.24) is 9.80 Å². The number of hydrogen-bond donors (Lipinski definition) is 2. The molecule has 2 atom stereocenters. The summed E-state index contributed by atoms with van der Waals surface area (Å²) in [4.78, 5) is 29.1. The van der Waals surface area contributed by atoms with Gasteiger partial charge in [0, 0.05) is 31.4 Å². The molecule has 6 nitrogen and oxygen atoms in total. The number of carbonyl (C=O) groups excluding carboxylic acids is 2. The van der Waals surface area contributed by atoms with Crippen LogP contribution in [0.4, 0.5) is 18.9 Å². The number of amides is 2. The fourth-order valence-electron chi connectivity index (χ4n) is 4.68. The fraction of sp³-hybridized carbons (Fsp3) is 0.636. The van der Waals surface area contributed by atoms with Crippen molar-refractivity contribution in [3.8, 4) is 0 Å². The normalized spacial score (nSPS) is 23.8. The Hall–Kier alpha value is -2.13. The SMILES string of the molecule is CN1C[C@H](C(=O)Nc2cccc(C(F)(F)F)c2)C[C@H]1C1CCN(C(=O)C(C)(C)N)CC1. The summed E-state index contributed by atoms with van der Waals surface area (Å²) in [6.07, 6.45) is -2.10. The lowest BCUT2D eigenvalue weighted by molar-refractivity contribution is -0.138. The summed E-state index contributed by atoms with van der Waals surface area (Å²) in [5.74, 6) is -0.233. The molecule has 0 saturated carbocycles. The molecule has 9 heteroatoms. The summed E-state index contributed by atoms with van der Waals surface area (Å²) in [5.41, 5.74) is 4.42. The number of nitrogens with two attached hydrogens (primary N) is 1. The summed E-state index contributed by atoms with van der Waals surface area (Å²) in [7, 11) is 1.97. The van der Waals surface area contributed by atoms with E-state index in [-0.39, 0.29) is 29.5 Å². The number of carbonyl (C=O) groups is 2. The highest BCUT2D eigenvalue weighted by atomic mass is 19.4. The fourth-order valence-corrected chi connectivity index (χ4v) is 4.68. The van der Waals surface area contributed by atoms with Crippen LogP contribution in [0.1, 0.15) is 38.7 Å². The van der Waals surface area contributed by atoms with E-state index in [1.807, 2.05) is 11.9 Å². The third kappa shape index (κ3) is 5.57. The zero-order valence-corrected chi connectivity index (χ0v) is 18.2. The number of hydrogen-bond acceptors (Lipinski definition) is 4. The third-order valence-corrected chi connectivity index (χ3v) is 6.35. The van der Waals surface area contributed by atoms with Gasteiger partial charge in [-0.05, 0) is 64.3 Å². The van der Waals surface area contributed by atoms with Gasteiger partial charge in [-0.25, -0.2) is 0 Å². The molecule has 0 unspecified atom stereocenters. The predicted molar refractivity (Wildman–Crippen MR) is 112 cm³/mol. The zero-order chi connectivity index (χ0) is 23.0. The number of halogens is 3. The number of rotatable bonds is 4. The molecule has 2 amide bonds. The van der Waals surface area contributed by atoms with Gasteiger partial charge in [0.25, 0.3) is 0 Å². The van der Waals surface area contributed by atoms with E-state index >= 15 is 0 Å². The monoisotopic (exact) mass is 440 g/mol. The van der Waals surface area contributed by atoms with Crippen molar-refractivity contribution in [3.05, 3.63) is 29.8 Å². The molecule has 0 aliphatic carbocycles. The van der Waals surface area contributed by atoms with Crippen LogP contribution in [-0.2, 0) is 15.8 Å². The van der Waals surface area contributed by atoms with E-state index in [0.29, 0.717) is 32.0 Å². The molecule has 2 saturated heterocycles. The molecule has 1 aromatic rings. The second-order valence-corrected chi connectivity index (χ2v) is 9.36. The van der Waals surface area contributed by atoms with Gasteiger partial charge in [0.1, 0.15) is 0 Å². The van der Waals surface area contributed by atoms with Gasteiger partial charge >= 0.3 is 6.18 Å². The lowest BCUT2D eigenvalue weighted by Crippen LogP contribution is -2.54. The van der Waals surface area contributed by atoms with Crippen LogP contribution in [0.2, 0.25) is 0 Å². The number of piperidine rings is 1. The van der Waals surface area contributed by atoms with E-state index < -0.39 is 17.3 Å². The number of nitrogens with zero attached hydrogens (tertiary/aromatic N) is 2. The van der Waals surface area contributed by atoms with Gasteiger partial charge in [0.15, 0.2) is 0 Å². The lowest BCUT2D eigenvalue weighted by atomic mass is 9.86. The molecule has 2 aliphatic heterocycles. The zero-order valence-electron chi connectivity index (χ0n) is 18.2. The van der Waals surface area contributed by atoms with Crippen molar-refractivity contribution in [2.75, 3.05) is 32.0 Å². The number of benzene rings is 1. The van der Waals surface area contributed by atoms with E-state index in [0.717, 1.165) is 25.0 Å². The molecule has 2 aliphatic rings. The Morgan fingerprint density at radius 3 is 2.39 bits per heavy atom. The molecule has 0 bridgehead atoms. The second-order valence-electron chi connectivity index (χ2n) is 9.36. The van der Waals surface area contributed by atoms with E-state index in [1.54, 1.807) is 13.8 Å². The first kappa shape index (κ1) is 23.5. The maximum absolute atomic E-state index is 12.9. The molecular weight excluding hydrogens is 409 g/mol. The van der Waals surface area contributed by atoms with E-state index in [4.69, 9.17) is 5.73 Å². The van der Waals surface area contributed by atoms with Crippen molar-refractivity contribution in [2.45, 2.75) is 50.9 Å². The summed E-state index contributed by atoms with van der Waals surface area (Å²) in [5, 5.41) is 2.65. The van der Waals surface area contributed by atoms with Crippen LogP contribution in [0.25, 0.3) is 0 Å². The summed E-state index contributed by atoms with van der Waals surface area (Å²) in [6, 6.07) is 4.91. The van der Waals surface area contributed by atoms with Crippen molar-refractivity contribution >= 4 is 17.5 Å². The van der Waals surface area contributed by atoms with E-state index in [9.17, 15) is 22.8 Å². The maximum Gasteiger partial charge on any atom is 0.416 e. The summed E-state index contributed by atoms with van der Waals surface area (Å²) < 4.78 is 38.7. The first-order chi connectivity index (χ1) is 14.4. The quantitative estimate of drug-likeness (QED) is 0.755. The number of anilines is 1. The van der Waals surface area contributed by atoms with Crippen LogP contribution in [-0.4, -0.2) is 59.9 Å². The topological polar surface area (TPSA) is 78.7 Å². The van der Waals surface area contributed by atoms with Gasteiger partial charge in [0.05, 0.1) is 17.0 Å². The highest BCUT2D eigenvalue weighted by molar-refractivity contribution is 5.93. The van der Waals surface area contributed by atoms with Gasteiger partial charge in [0.2, 0.25) is 11.8 Å². The Labute approximate surface area is 180 Å². The Bertz CT molecular complexity index is 814. The number of alkyl halides is 3. The van der Waals surface area contributed by atoms with Crippen LogP contribution < -0.4 is 11.1 Å². The average Bonchev–Trinajstić information content (AvgIpc) is 3.08. The molecule has 0 radical (unpaired) electrons. The molecule has 0 aromatic heterocycles. The highest BCUT2D eigenvalue weighted by Gasteiger charge is 2.40. The third-order valence-electron chi connectivity index (χ3n) is 6.35. The molecule has 3 N–H and O–H groups in total. The van der Waals surface area contributed by atoms with Gasteiger partial charge < -0.3 is 20.9 Å². The minimum absolute atomic E-state index is 0.0518. The Morgan fingerprint density at radius 2 is 1.81 bits per heavy atom. The Morgan fingerprint density at radius 1 is 1.16 bits per heavy atom. The molecule has 0 spiro atoms. The molecule has 2 heterocycles. The first-order valence-corrected chi connectivity index (χ1v) is 10.6. The van der Waals surface area contributed by atoms with Crippen LogP contribution in [0.15, 0.2) is 24.3 Å². The molecular formula is C22H31F3N4O2. The van der Waals surface area contributed by atoms with Crippen LogP contribution >= 0.6 is 0 Å². The largest absolute Gasteiger partial charge is 0.416 e. The smallest absolute Gasteiger partial charge is 0.341 e. The Kier molecular flexibility index (Phi) is 6.67. The summed E-state index contributed by atoms with van der Waals surface area (Å²) in [6.45, 7) is 5.27. The molecule has 3 rings (SSSR count). The minimum Gasteiger partial charge on any atom is -0.341 e. The van der Waals surface area contributed by atoms with Gasteiger partial charge in [-0.2, -0.15) is 13.2 Å². The van der Waals surface area contributed by atoms with E-state index in [1.165, 1.54) is 12.1 Å². The van der Waals surface area contributed by atoms with Crippen LogP contribution in [0, 0.1) is 11.8 Å². The van der Waals surface area contributed by atoms with E-state index in [2.05, 4.69) is 10.2 Å². The number of nitrogens with one attached hydrogen (secondary N) is 1. The van der Waals surface area contributed by atoms with Gasteiger partial charge in [-0.1, -0.05) is 6.07 Å². The molecule has 2 fully saturated rings. The number of likely N-dealkylation sites (tertiary alicyclic amines) is 2. The van der Waals surface area contributed by atoms with Crippen molar-refractivity contribution in [3.63, 3.8) is 0 Å². The standard InChI is InChI=1S/C22H31F3N4O2/c1-21(2,26)20(31)29-9-7-14(8-10-29)18-11-15(13-28(18)3)19(30)27-17-6-4-5-16(12-17)22(23,24)25/h4-6,12,14-15,18H,7-11,13,26H2,1-3H3,(H,27,30)/t15-,18+/m1/s1. The molecule has 172 valence electrons. The Balaban J connectivity index is 1.56. The first-order valence-electron chi connectivity index (χ1n) is 10.6. The van der Waals surface area contributed by atoms with Crippen LogP contribution in [0.5, 0.6) is 0 Å². The maximum atomic E-state index is 12.9. The average molecular weight is 441 g/mol. The minimum atomic E-state index is -4.45. The van der Waals surface area contributed by atoms with Crippen molar-refractivity contribution < 1.29 is 22.8 Å². The van der Waals surface area contributed by atoms with Gasteiger partial charge in [-0.3, -0.25) is 9.59 Å². The van der Waals surface area contributed by atoms with Crippen LogP contribution in [0.3, 0.4) is 0 Å². The lowest BCUT2D eigenvalue weighted by Gasteiger charge is -2.39. The molecule has 1 aromatic carbocycles. The highest BCUT2D eigenvalue weighted by Crippen LogP contribution is 2.34. The second kappa shape index (κ2) is 8.78. The van der Waals surface area contributed by atoms with Gasteiger partial charge in [-0.15, -0.1) is 0 Å².